The van der Waals surface area contributed by atoms with Crippen LogP contribution in [0.25, 0.3) is 6.08 Å². The number of nitrogens with zero attached hydrogens (tertiary/aromatic N) is 1. The van der Waals surface area contributed by atoms with E-state index in [0.717, 1.165) is 5.56 Å². The molecule has 5 heteroatoms. The van der Waals surface area contributed by atoms with Crippen LogP contribution in [0.4, 0.5) is 0 Å². The molecular formula is C23H32N2O3. The summed E-state index contributed by atoms with van der Waals surface area (Å²) in [7, 11) is 1.43. The van der Waals surface area contributed by atoms with Gasteiger partial charge < -0.3 is 10.1 Å². The second-order valence-corrected chi connectivity index (χ2v) is 8.22. The second kappa shape index (κ2) is 9.87. The quantitative estimate of drug-likeness (QED) is 0.732. The molecule has 0 aromatic heterocycles. The van der Waals surface area contributed by atoms with E-state index in [0.29, 0.717) is 31.8 Å². The molecule has 0 radical (unpaired) electrons. The van der Waals surface area contributed by atoms with Crippen molar-refractivity contribution in [2.45, 2.75) is 57.5 Å². The van der Waals surface area contributed by atoms with E-state index in [4.69, 9.17) is 4.74 Å². The normalized spacial score (nSPS) is 23.7. The number of benzene rings is 1. The van der Waals surface area contributed by atoms with Gasteiger partial charge >= 0.3 is 5.97 Å². The summed E-state index contributed by atoms with van der Waals surface area (Å²) in [5.41, 5.74) is 2.33. The van der Waals surface area contributed by atoms with E-state index in [9.17, 15) is 9.59 Å². The molecule has 28 heavy (non-hydrogen) atoms. The van der Waals surface area contributed by atoms with Crippen molar-refractivity contribution in [2.24, 2.45) is 5.92 Å². The number of esters is 1. The Morgan fingerprint density at radius 3 is 2.61 bits per heavy atom. The summed E-state index contributed by atoms with van der Waals surface area (Å²) in [6.07, 6.45) is 8.19. The molecule has 0 unspecified atom stereocenters. The first-order valence-electron chi connectivity index (χ1n) is 10.4. The number of rotatable bonds is 7. The van der Waals surface area contributed by atoms with Crippen LogP contribution in [0.15, 0.2) is 35.9 Å². The Morgan fingerprint density at radius 1 is 1.21 bits per heavy atom. The third-order valence-corrected chi connectivity index (χ3v) is 5.86. The highest BCUT2D eigenvalue weighted by molar-refractivity contribution is 5.78. The lowest BCUT2D eigenvalue weighted by atomic mass is 10.0. The summed E-state index contributed by atoms with van der Waals surface area (Å²) < 4.78 is 5.01. The van der Waals surface area contributed by atoms with Crippen molar-refractivity contribution in [3.63, 3.8) is 0 Å². The molecule has 2 fully saturated rings. The molecule has 152 valence electrons. The number of hydrogen-bond donors (Lipinski definition) is 1. The van der Waals surface area contributed by atoms with Crippen LogP contribution in [-0.2, 0) is 14.3 Å². The molecule has 3 rings (SSSR count). The van der Waals surface area contributed by atoms with E-state index in [-0.39, 0.29) is 24.0 Å². The van der Waals surface area contributed by atoms with Crippen LogP contribution in [0.2, 0.25) is 0 Å². The minimum absolute atomic E-state index is 0.00234. The number of ether oxygens (including phenoxy) is 1. The number of methoxy groups -OCH3 is 1. The van der Waals surface area contributed by atoms with Crippen molar-refractivity contribution in [3.05, 3.63) is 41.5 Å². The zero-order valence-electron chi connectivity index (χ0n) is 17.0. The number of hydrogen-bond acceptors (Lipinski definition) is 4. The van der Waals surface area contributed by atoms with Crippen LogP contribution in [-0.4, -0.2) is 49.1 Å². The first kappa shape index (κ1) is 20.6. The second-order valence-electron chi connectivity index (χ2n) is 8.22. The van der Waals surface area contributed by atoms with Crippen molar-refractivity contribution in [1.29, 1.82) is 0 Å². The standard InChI is InChI=1S/C23H32N2O3/c1-17(12-18-8-4-3-5-9-18)15-25-16-20(14-21(25)23(27)28-2)24-22(26)13-19-10-6-7-11-19/h3-5,8-9,12,19-21H,6-7,10-11,13-16H2,1-2H3,(H,24,26)/b17-12+/t20-,21+/m1/s1. The van der Waals surface area contributed by atoms with Gasteiger partial charge in [-0.2, -0.15) is 0 Å². The van der Waals surface area contributed by atoms with Gasteiger partial charge in [0.2, 0.25) is 5.91 Å². The Labute approximate surface area is 168 Å². The van der Waals surface area contributed by atoms with Crippen LogP contribution >= 0.6 is 0 Å². The third-order valence-electron chi connectivity index (χ3n) is 5.86. The van der Waals surface area contributed by atoms with Gasteiger partial charge in [-0.25, -0.2) is 0 Å². The Morgan fingerprint density at radius 2 is 1.93 bits per heavy atom. The summed E-state index contributed by atoms with van der Waals surface area (Å²) >= 11 is 0. The van der Waals surface area contributed by atoms with Crippen molar-refractivity contribution in [3.8, 4) is 0 Å². The summed E-state index contributed by atoms with van der Waals surface area (Å²) in [4.78, 5) is 26.8. The maximum atomic E-state index is 12.4. The Hall–Kier alpha value is -2.14. The van der Waals surface area contributed by atoms with E-state index in [1.54, 1.807) is 0 Å². The van der Waals surface area contributed by atoms with Crippen molar-refractivity contribution in [2.75, 3.05) is 20.2 Å². The van der Waals surface area contributed by atoms with Crippen molar-refractivity contribution in [1.82, 2.24) is 10.2 Å². The monoisotopic (exact) mass is 384 g/mol. The molecule has 1 aromatic carbocycles. The zero-order chi connectivity index (χ0) is 19.9. The van der Waals surface area contributed by atoms with Crippen LogP contribution < -0.4 is 5.32 Å². The minimum Gasteiger partial charge on any atom is -0.468 e. The first-order chi connectivity index (χ1) is 13.5. The molecule has 2 aliphatic rings. The number of amides is 1. The maximum absolute atomic E-state index is 12.4. The van der Waals surface area contributed by atoms with Gasteiger partial charge in [-0.1, -0.05) is 54.8 Å². The lowest BCUT2D eigenvalue weighted by Gasteiger charge is -2.22. The molecule has 1 saturated heterocycles. The smallest absolute Gasteiger partial charge is 0.323 e. The van der Waals surface area contributed by atoms with E-state index in [1.165, 1.54) is 38.4 Å². The number of carbonyl (C=O) groups excluding carboxylic acids is 2. The summed E-state index contributed by atoms with van der Waals surface area (Å²) in [5.74, 6) is 0.434. The summed E-state index contributed by atoms with van der Waals surface area (Å²) in [5, 5.41) is 3.16. The van der Waals surface area contributed by atoms with Crippen LogP contribution in [0, 0.1) is 5.92 Å². The highest BCUT2D eigenvalue weighted by Crippen LogP contribution is 2.28. The van der Waals surface area contributed by atoms with Crippen LogP contribution in [0.5, 0.6) is 0 Å². The van der Waals surface area contributed by atoms with Gasteiger partial charge in [0.05, 0.1) is 7.11 Å². The van der Waals surface area contributed by atoms with Gasteiger partial charge in [-0.05, 0) is 37.7 Å². The lowest BCUT2D eigenvalue weighted by molar-refractivity contribution is -0.145. The molecule has 1 amide bonds. The largest absolute Gasteiger partial charge is 0.468 e. The highest BCUT2D eigenvalue weighted by atomic mass is 16.5. The molecule has 5 nitrogen and oxygen atoms in total. The SMILES string of the molecule is COC(=O)[C@@H]1C[C@@H](NC(=O)CC2CCCC2)CN1C/C(C)=C/c1ccccc1. The Kier molecular flexibility index (Phi) is 7.26. The van der Waals surface area contributed by atoms with Gasteiger partial charge in [0.15, 0.2) is 0 Å². The molecule has 1 aliphatic carbocycles. The topological polar surface area (TPSA) is 58.6 Å². The molecule has 1 N–H and O–H groups in total. The minimum atomic E-state index is -0.305. The molecule has 2 atom stereocenters. The van der Waals surface area contributed by atoms with Gasteiger partial charge in [0.25, 0.3) is 0 Å². The van der Waals surface area contributed by atoms with E-state index in [1.807, 2.05) is 18.2 Å². The first-order valence-corrected chi connectivity index (χ1v) is 10.4. The zero-order valence-corrected chi connectivity index (χ0v) is 17.0. The average Bonchev–Trinajstić information content (AvgIpc) is 3.31. The molecular weight excluding hydrogens is 352 g/mol. The molecule has 1 saturated carbocycles. The fraction of sp³-hybridized carbons (Fsp3) is 0.565. The molecule has 1 aliphatic heterocycles. The molecule has 1 aromatic rings. The average molecular weight is 385 g/mol. The molecule has 0 bridgehead atoms. The number of likely N-dealkylation sites (tertiary alicyclic amines) is 1. The van der Waals surface area contributed by atoms with E-state index >= 15 is 0 Å². The van der Waals surface area contributed by atoms with Gasteiger partial charge in [0, 0.05) is 25.6 Å². The Bertz CT molecular complexity index is 695. The predicted molar refractivity (Wildman–Crippen MR) is 111 cm³/mol. The Balaban J connectivity index is 1.59. The van der Waals surface area contributed by atoms with E-state index < -0.39 is 0 Å². The van der Waals surface area contributed by atoms with Gasteiger partial charge in [-0.15, -0.1) is 0 Å². The van der Waals surface area contributed by atoms with Gasteiger partial charge in [-0.3, -0.25) is 14.5 Å². The molecule has 1 heterocycles. The summed E-state index contributed by atoms with van der Waals surface area (Å²) in [6.45, 7) is 3.44. The third kappa shape index (κ3) is 5.68. The number of carbonyl (C=O) groups is 2. The lowest BCUT2D eigenvalue weighted by Crippen LogP contribution is -2.39. The van der Waals surface area contributed by atoms with Gasteiger partial charge in [0.1, 0.15) is 6.04 Å². The van der Waals surface area contributed by atoms with Crippen LogP contribution in [0.1, 0.15) is 51.0 Å². The van der Waals surface area contributed by atoms with E-state index in [2.05, 4.69) is 35.3 Å². The fourth-order valence-corrected chi connectivity index (χ4v) is 4.53. The summed E-state index contributed by atoms with van der Waals surface area (Å²) in [6, 6.07) is 9.86. The molecule has 0 spiro atoms. The highest BCUT2D eigenvalue weighted by Gasteiger charge is 2.38. The maximum Gasteiger partial charge on any atom is 0.323 e. The predicted octanol–water partition coefficient (Wildman–Crippen LogP) is 3.40. The van der Waals surface area contributed by atoms with Crippen molar-refractivity contribution >= 4 is 18.0 Å². The fourth-order valence-electron chi connectivity index (χ4n) is 4.53. The van der Waals surface area contributed by atoms with Crippen molar-refractivity contribution < 1.29 is 14.3 Å². The van der Waals surface area contributed by atoms with Crippen LogP contribution in [0.3, 0.4) is 0 Å². The number of nitrogens with one attached hydrogen (secondary N) is 1.